The van der Waals surface area contributed by atoms with Crippen LogP contribution in [0.3, 0.4) is 0 Å². The quantitative estimate of drug-likeness (QED) is 0.608. The number of hydrogen-bond acceptors (Lipinski definition) is 8. The van der Waals surface area contributed by atoms with Gasteiger partial charge in [-0.3, -0.25) is 0 Å². The molecule has 10 heteroatoms. The van der Waals surface area contributed by atoms with Gasteiger partial charge < -0.3 is 14.0 Å². The number of aryl methyl sites for hydroxylation is 1. The maximum atomic E-state index is 13.3. The first kappa shape index (κ1) is 22.2. The largest absolute Gasteiger partial charge is 0.495 e. The number of hydrogen-bond donors (Lipinski definition) is 0. The first-order chi connectivity index (χ1) is 14.2. The molecule has 1 aromatic heterocycles. The van der Waals surface area contributed by atoms with Crippen LogP contribution in [0.1, 0.15) is 49.3 Å². The van der Waals surface area contributed by atoms with Gasteiger partial charge in [-0.1, -0.05) is 25.9 Å². The van der Waals surface area contributed by atoms with Crippen molar-refractivity contribution in [1.82, 2.24) is 14.4 Å². The van der Waals surface area contributed by atoms with E-state index in [0.29, 0.717) is 25.3 Å². The minimum absolute atomic E-state index is 0.0493. The van der Waals surface area contributed by atoms with E-state index < -0.39 is 16.0 Å². The van der Waals surface area contributed by atoms with Gasteiger partial charge in [0.05, 0.1) is 12.7 Å². The van der Waals surface area contributed by atoms with Gasteiger partial charge in [0.2, 0.25) is 10.0 Å². The predicted octanol–water partition coefficient (Wildman–Crippen LogP) is 2.66. The lowest BCUT2D eigenvalue weighted by Gasteiger charge is -2.34. The topological polar surface area (TPSA) is 112 Å². The molecular weight excluding hydrogens is 410 g/mol. The molecule has 1 aromatic carbocycles. The molecule has 2 atom stereocenters. The number of carbonyl (C=O) groups excluding carboxylic acids is 1. The van der Waals surface area contributed by atoms with Crippen LogP contribution in [0.15, 0.2) is 27.6 Å². The monoisotopic (exact) mass is 437 g/mol. The second-order valence-electron chi connectivity index (χ2n) is 7.67. The Kier molecular flexibility index (Phi) is 6.77. The van der Waals surface area contributed by atoms with Crippen LogP contribution >= 0.6 is 0 Å². The van der Waals surface area contributed by atoms with Crippen molar-refractivity contribution in [2.75, 3.05) is 20.2 Å². The first-order valence-corrected chi connectivity index (χ1v) is 11.3. The van der Waals surface area contributed by atoms with Crippen LogP contribution in [0.25, 0.3) is 0 Å². The number of aromatic nitrogens is 2. The molecule has 2 aromatic rings. The lowest BCUT2D eigenvalue weighted by Crippen LogP contribution is -2.42. The molecule has 0 spiro atoms. The van der Waals surface area contributed by atoms with Crippen LogP contribution in [-0.2, 0) is 27.8 Å². The maximum absolute atomic E-state index is 13.3. The molecule has 0 bridgehead atoms. The minimum Gasteiger partial charge on any atom is -0.495 e. The summed E-state index contributed by atoms with van der Waals surface area (Å²) in [6.45, 7) is 6.61. The van der Waals surface area contributed by atoms with Gasteiger partial charge in [0.15, 0.2) is 12.4 Å². The summed E-state index contributed by atoms with van der Waals surface area (Å²) in [4.78, 5) is 16.5. The van der Waals surface area contributed by atoms with E-state index in [1.807, 2.05) is 20.8 Å². The van der Waals surface area contributed by atoms with Crippen molar-refractivity contribution in [1.29, 1.82) is 0 Å². The molecule has 0 saturated carbocycles. The second kappa shape index (κ2) is 9.13. The average Bonchev–Trinajstić information content (AvgIpc) is 3.19. The highest BCUT2D eigenvalue weighted by atomic mass is 32.2. The van der Waals surface area contributed by atoms with Crippen LogP contribution in [0.5, 0.6) is 5.75 Å². The van der Waals surface area contributed by atoms with E-state index in [1.54, 1.807) is 0 Å². The number of ether oxygens (including phenoxy) is 2. The average molecular weight is 438 g/mol. The van der Waals surface area contributed by atoms with E-state index in [-0.39, 0.29) is 40.5 Å². The Morgan fingerprint density at radius 2 is 1.97 bits per heavy atom. The molecule has 1 fully saturated rings. The Balaban J connectivity index is 1.82. The summed E-state index contributed by atoms with van der Waals surface area (Å²) in [5.41, 5.74) is 0.0997. The number of rotatable bonds is 7. The summed E-state index contributed by atoms with van der Waals surface area (Å²) in [5, 5.41) is 3.74. The molecule has 1 aliphatic rings. The van der Waals surface area contributed by atoms with Gasteiger partial charge >= 0.3 is 5.97 Å². The number of sulfonamides is 1. The first-order valence-electron chi connectivity index (χ1n) is 9.91. The van der Waals surface area contributed by atoms with Crippen LogP contribution in [0.4, 0.5) is 0 Å². The van der Waals surface area contributed by atoms with Crippen molar-refractivity contribution in [2.45, 2.75) is 45.1 Å². The summed E-state index contributed by atoms with van der Waals surface area (Å²) in [7, 11) is -2.44. The van der Waals surface area contributed by atoms with Crippen molar-refractivity contribution >= 4 is 16.0 Å². The summed E-state index contributed by atoms with van der Waals surface area (Å²) in [6.07, 6.45) is 1.58. The molecule has 0 radical (unpaired) electrons. The number of benzene rings is 1. The highest BCUT2D eigenvalue weighted by Crippen LogP contribution is 2.32. The Labute approximate surface area is 176 Å². The van der Waals surface area contributed by atoms with Crippen molar-refractivity contribution in [3.05, 3.63) is 35.5 Å². The molecule has 0 aliphatic carbocycles. The molecular formula is C20H27N3O6S. The lowest BCUT2D eigenvalue weighted by molar-refractivity contribution is 0.0429. The third kappa shape index (κ3) is 4.81. The van der Waals surface area contributed by atoms with Crippen molar-refractivity contribution in [2.24, 2.45) is 11.8 Å². The fraction of sp³-hybridized carbons (Fsp3) is 0.550. The van der Waals surface area contributed by atoms with Gasteiger partial charge in [0, 0.05) is 19.5 Å². The van der Waals surface area contributed by atoms with E-state index in [9.17, 15) is 13.2 Å². The van der Waals surface area contributed by atoms with Gasteiger partial charge in [-0.05, 0) is 36.5 Å². The Morgan fingerprint density at radius 3 is 2.57 bits per heavy atom. The number of methoxy groups -OCH3 is 1. The molecule has 2 unspecified atom stereocenters. The van der Waals surface area contributed by atoms with E-state index in [0.717, 1.165) is 6.42 Å². The predicted molar refractivity (Wildman–Crippen MR) is 107 cm³/mol. The SMILES string of the molecule is CCc1noc(COC(=O)c2ccc(OC)c(S(=O)(=O)N3CC(C)CC(C)C3)c2)n1. The number of piperidine rings is 1. The van der Waals surface area contributed by atoms with Gasteiger partial charge in [0.25, 0.3) is 5.89 Å². The highest BCUT2D eigenvalue weighted by molar-refractivity contribution is 7.89. The lowest BCUT2D eigenvalue weighted by atomic mass is 9.94. The molecule has 164 valence electrons. The molecule has 1 aliphatic heterocycles. The summed E-state index contributed by atoms with van der Waals surface area (Å²) in [5.74, 6) is 0.699. The molecule has 0 N–H and O–H groups in total. The second-order valence-corrected chi connectivity index (χ2v) is 9.57. The van der Waals surface area contributed by atoms with E-state index in [4.69, 9.17) is 14.0 Å². The van der Waals surface area contributed by atoms with Crippen LogP contribution in [0.2, 0.25) is 0 Å². The Bertz CT molecular complexity index is 994. The van der Waals surface area contributed by atoms with Crippen LogP contribution in [-0.4, -0.2) is 49.0 Å². The zero-order valence-electron chi connectivity index (χ0n) is 17.6. The summed E-state index contributed by atoms with van der Waals surface area (Å²) < 4.78 is 43.5. The van der Waals surface area contributed by atoms with Crippen LogP contribution in [0, 0.1) is 11.8 Å². The fourth-order valence-electron chi connectivity index (χ4n) is 3.65. The van der Waals surface area contributed by atoms with Crippen molar-refractivity contribution in [3.8, 4) is 5.75 Å². The Hall–Kier alpha value is -2.46. The molecule has 9 nitrogen and oxygen atoms in total. The maximum Gasteiger partial charge on any atom is 0.338 e. The third-order valence-electron chi connectivity index (χ3n) is 5.01. The fourth-order valence-corrected chi connectivity index (χ4v) is 5.51. The van der Waals surface area contributed by atoms with Gasteiger partial charge in [-0.15, -0.1) is 0 Å². The zero-order chi connectivity index (χ0) is 21.9. The molecule has 30 heavy (non-hydrogen) atoms. The number of carbonyl (C=O) groups is 1. The van der Waals surface area contributed by atoms with Crippen LogP contribution < -0.4 is 4.74 Å². The minimum atomic E-state index is -3.83. The number of esters is 1. The van der Waals surface area contributed by atoms with E-state index >= 15 is 0 Å². The molecule has 2 heterocycles. The smallest absolute Gasteiger partial charge is 0.338 e. The molecule has 3 rings (SSSR count). The van der Waals surface area contributed by atoms with Crippen molar-refractivity contribution < 1.29 is 27.2 Å². The summed E-state index contributed by atoms with van der Waals surface area (Å²) in [6, 6.07) is 4.22. The van der Waals surface area contributed by atoms with E-state index in [1.165, 1.54) is 29.6 Å². The van der Waals surface area contributed by atoms with Gasteiger partial charge in [0.1, 0.15) is 10.6 Å². The number of nitrogens with zero attached hydrogens (tertiary/aromatic N) is 3. The molecule has 1 saturated heterocycles. The van der Waals surface area contributed by atoms with Crippen molar-refractivity contribution in [3.63, 3.8) is 0 Å². The van der Waals surface area contributed by atoms with E-state index in [2.05, 4.69) is 10.1 Å². The standard InChI is InChI=1S/C20H27N3O6S/c1-5-18-21-19(29-22-18)12-28-20(24)15-6-7-16(27-4)17(9-15)30(25,26)23-10-13(2)8-14(3)11-23/h6-7,9,13-14H,5,8,10-12H2,1-4H3. The third-order valence-corrected chi connectivity index (χ3v) is 6.86. The Morgan fingerprint density at radius 1 is 1.27 bits per heavy atom. The zero-order valence-corrected chi connectivity index (χ0v) is 18.4. The van der Waals surface area contributed by atoms with Gasteiger partial charge in [-0.25, -0.2) is 13.2 Å². The van der Waals surface area contributed by atoms with Gasteiger partial charge in [-0.2, -0.15) is 9.29 Å². The highest BCUT2D eigenvalue weighted by Gasteiger charge is 2.34. The summed E-state index contributed by atoms with van der Waals surface area (Å²) >= 11 is 0. The normalized spacial score (nSPS) is 20.1. The molecule has 0 amide bonds.